The highest BCUT2D eigenvalue weighted by molar-refractivity contribution is 8.00. The lowest BCUT2D eigenvalue weighted by Crippen LogP contribution is -2.23. The number of nitrogens with one attached hydrogen (secondary N) is 1. The molecular formula is C14H10F5N3OS. The fourth-order valence-corrected chi connectivity index (χ4v) is 2.35. The van der Waals surface area contributed by atoms with Crippen LogP contribution in [-0.2, 0) is 11.0 Å². The number of carbonyl (C=O) groups is 1. The number of rotatable bonds is 4. The minimum atomic E-state index is -4.63. The molecule has 2 rings (SSSR count). The summed E-state index contributed by atoms with van der Waals surface area (Å²) in [6.07, 6.45) is -3.70. The molecule has 0 saturated carbocycles. The van der Waals surface area contributed by atoms with Crippen molar-refractivity contribution in [3.63, 3.8) is 0 Å². The van der Waals surface area contributed by atoms with Gasteiger partial charge in [0, 0.05) is 12.3 Å². The second-order valence-corrected chi connectivity index (χ2v) is 5.90. The minimum absolute atomic E-state index is 0.257. The maximum Gasteiger partial charge on any atom is 0.433 e. The summed E-state index contributed by atoms with van der Waals surface area (Å²) in [5, 5.41) is 0.972. The van der Waals surface area contributed by atoms with Gasteiger partial charge in [-0.25, -0.2) is 18.7 Å². The summed E-state index contributed by atoms with van der Waals surface area (Å²) >= 11 is 0.661. The van der Waals surface area contributed by atoms with Crippen LogP contribution in [-0.4, -0.2) is 21.1 Å². The van der Waals surface area contributed by atoms with E-state index < -0.39 is 34.7 Å². The van der Waals surface area contributed by atoms with Gasteiger partial charge in [-0.05, 0) is 25.1 Å². The molecule has 10 heteroatoms. The van der Waals surface area contributed by atoms with Gasteiger partial charge in [0.2, 0.25) is 5.91 Å². The Morgan fingerprint density at radius 2 is 1.96 bits per heavy atom. The van der Waals surface area contributed by atoms with Crippen LogP contribution in [0.4, 0.5) is 27.6 Å². The van der Waals surface area contributed by atoms with E-state index in [1.165, 1.54) is 6.92 Å². The van der Waals surface area contributed by atoms with Crippen molar-refractivity contribution in [1.82, 2.24) is 9.97 Å². The van der Waals surface area contributed by atoms with Gasteiger partial charge in [-0.1, -0.05) is 11.8 Å². The lowest BCUT2D eigenvalue weighted by Gasteiger charge is -2.12. The third kappa shape index (κ3) is 4.63. The van der Waals surface area contributed by atoms with Crippen molar-refractivity contribution in [2.45, 2.75) is 23.5 Å². The largest absolute Gasteiger partial charge is 0.433 e. The molecule has 1 aromatic carbocycles. The Kier molecular flexibility index (Phi) is 5.37. The van der Waals surface area contributed by atoms with Crippen molar-refractivity contribution in [2.24, 2.45) is 0 Å². The van der Waals surface area contributed by atoms with Gasteiger partial charge in [0.1, 0.15) is 17.3 Å². The Morgan fingerprint density at radius 3 is 2.62 bits per heavy atom. The van der Waals surface area contributed by atoms with Gasteiger partial charge >= 0.3 is 6.18 Å². The number of anilines is 1. The number of halogens is 5. The van der Waals surface area contributed by atoms with E-state index in [0.717, 1.165) is 24.4 Å². The number of amides is 1. The second-order valence-electron chi connectivity index (χ2n) is 4.60. The zero-order valence-corrected chi connectivity index (χ0v) is 12.9. The molecule has 24 heavy (non-hydrogen) atoms. The monoisotopic (exact) mass is 363 g/mol. The average molecular weight is 363 g/mol. The van der Waals surface area contributed by atoms with Gasteiger partial charge in [0.15, 0.2) is 5.16 Å². The summed E-state index contributed by atoms with van der Waals surface area (Å²) in [5.41, 5.74) is -1.50. The first kappa shape index (κ1) is 18.1. The van der Waals surface area contributed by atoms with E-state index in [9.17, 15) is 26.7 Å². The Labute approximate surface area is 137 Å². The highest BCUT2D eigenvalue weighted by Gasteiger charge is 2.33. The molecule has 0 spiro atoms. The van der Waals surface area contributed by atoms with E-state index in [-0.39, 0.29) is 10.8 Å². The summed E-state index contributed by atoms with van der Waals surface area (Å²) in [6.45, 7) is 1.38. The maximum atomic E-state index is 13.5. The molecule has 0 saturated heterocycles. The third-order valence-electron chi connectivity index (χ3n) is 2.76. The van der Waals surface area contributed by atoms with Gasteiger partial charge in [-0.2, -0.15) is 13.2 Å². The first-order valence-corrected chi connectivity index (χ1v) is 7.37. The van der Waals surface area contributed by atoms with E-state index >= 15 is 0 Å². The normalized spacial score (nSPS) is 12.8. The van der Waals surface area contributed by atoms with Crippen LogP contribution in [0, 0.1) is 11.6 Å². The number of alkyl halides is 3. The molecule has 2 aromatic rings. The first-order valence-electron chi connectivity index (χ1n) is 6.49. The molecule has 0 fully saturated rings. The molecule has 0 radical (unpaired) electrons. The van der Waals surface area contributed by atoms with Crippen molar-refractivity contribution in [3.8, 4) is 0 Å². The molecule has 1 amide bonds. The molecule has 0 aliphatic carbocycles. The Bertz CT molecular complexity index is 753. The molecule has 1 aromatic heterocycles. The van der Waals surface area contributed by atoms with Gasteiger partial charge in [0.25, 0.3) is 0 Å². The molecule has 0 aliphatic heterocycles. The summed E-state index contributed by atoms with van der Waals surface area (Å²) in [4.78, 5) is 18.9. The minimum Gasteiger partial charge on any atom is -0.323 e. The van der Waals surface area contributed by atoms with E-state index in [1.807, 2.05) is 0 Å². The number of aromatic nitrogens is 2. The van der Waals surface area contributed by atoms with Crippen LogP contribution in [0.15, 0.2) is 35.6 Å². The molecular weight excluding hydrogens is 353 g/mol. The number of benzene rings is 1. The number of thioether (sulfide) groups is 1. The lowest BCUT2D eigenvalue weighted by atomic mass is 10.3. The third-order valence-corrected chi connectivity index (χ3v) is 3.74. The van der Waals surface area contributed by atoms with Crippen LogP contribution < -0.4 is 5.32 Å². The predicted molar refractivity (Wildman–Crippen MR) is 77.3 cm³/mol. The van der Waals surface area contributed by atoms with Crippen LogP contribution in [0.25, 0.3) is 0 Å². The molecule has 0 aliphatic rings. The molecule has 1 heterocycles. The van der Waals surface area contributed by atoms with Crippen LogP contribution in [0.3, 0.4) is 0 Å². The van der Waals surface area contributed by atoms with E-state index in [4.69, 9.17) is 0 Å². The van der Waals surface area contributed by atoms with Crippen molar-refractivity contribution in [2.75, 3.05) is 5.32 Å². The van der Waals surface area contributed by atoms with Gasteiger partial charge < -0.3 is 5.32 Å². The smallest absolute Gasteiger partial charge is 0.323 e. The highest BCUT2D eigenvalue weighted by atomic mass is 32.2. The van der Waals surface area contributed by atoms with Crippen LogP contribution in [0.5, 0.6) is 0 Å². The standard InChI is InChI=1S/C14H10F5N3OS/c1-7(12(23)21-10-6-8(15)2-3-9(10)16)24-13-20-5-4-11(22-13)14(17,18)19/h2-7H,1H3,(H,21,23)/t7-/m1/s1. The first-order chi connectivity index (χ1) is 11.2. The number of nitrogens with zero attached hydrogens (tertiary/aromatic N) is 2. The number of hydrogen-bond donors (Lipinski definition) is 1. The highest BCUT2D eigenvalue weighted by Crippen LogP contribution is 2.29. The molecule has 0 unspecified atom stereocenters. The lowest BCUT2D eigenvalue weighted by molar-refractivity contribution is -0.141. The summed E-state index contributed by atoms with van der Waals surface area (Å²) in [6, 6.07) is 3.24. The van der Waals surface area contributed by atoms with Gasteiger partial charge in [-0.3, -0.25) is 4.79 Å². The quantitative estimate of drug-likeness (QED) is 0.509. The summed E-state index contributed by atoms with van der Waals surface area (Å²) in [5.74, 6) is -2.31. The van der Waals surface area contributed by atoms with Crippen LogP contribution in [0.1, 0.15) is 12.6 Å². The maximum absolute atomic E-state index is 13.5. The topological polar surface area (TPSA) is 54.9 Å². The summed E-state index contributed by atoms with van der Waals surface area (Å²) < 4.78 is 64.3. The molecule has 1 atom stereocenters. The Balaban J connectivity index is 2.08. The SMILES string of the molecule is C[C@@H](Sc1nccc(C(F)(F)F)n1)C(=O)Nc1cc(F)ccc1F. The van der Waals surface area contributed by atoms with E-state index in [0.29, 0.717) is 17.8 Å². The molecule has 1 N–H and O–H groups in total. The van der Waals surface area contributed by atoms with Crippen LogP contribution in [0.2, 0.25) is 0 Å². The molecule has 128 valence electrons. The van der Waals surface area contributed by atoms with Crippen molar-refractivity contribution >= 4 is 23.4 Å². The van der Waals surface area contributed by atoms with Gasteiger partial charge in [0.05, 0.1) is 10.9 Å². The predicted octanol–water partition coefficient (Wildman–Crippen LogP) is 3.89. The fourth-order valence-electron chi connectivity index (χ4n) is 1.59. The van der Waals surface area contributed by atoms with Gasteiger partial charge in [-0.15, -0.1) is 0 Å². The van der Waals surface area contributed by atoms with E-state index in [2.05, 4.69) is 15.3 Å². The molecule has 0 bridgehead atoms. The Hall–Kier alpha value is -2.23. The van der Waals surface area contributed by atoms with Crippen LogP contribution >= 0.6 is 11.8 Å². The Morgan fingerprint density at radius 1 is 1.25 bits per heavy atom. The second kappa shape index (κ2) is 7.12. The van der Waals surface area contributed by atoms with Crippen molar-refractivity contribution < 1.29 is 26.7 Å². The molecule has 4 nitrogen and oxygen atoms in total. The van der Waals surface area contributed by atoms with E-state index in [1.54, 1.807) is 0 Å². The zero-order valence-electron chi connectivity index (χ0n) is 12.1. The van der Waals surface area contributed by atoms with Crippen molar-refractivity contribution in [1.29, 1.82) is 0 Å². The van der Waals surface area contributed by atoms with Crippen molar-refractivity contribution in [3.05, 3.63) is 47.8 Å². The summed E-state index contributed by atoms with van der Waals surface area (Å²) in [7, 11) is 0. The average Bonchev–Trinajstić information content (AvgIpc) is 2.50. The number of hydrogen-bond acceptors (Lipinski definition) is 4. The number of carbonyl (C=O) groups excluding carboxylic acids is 1. The fraction of sp³-hybridized carbons (Fsp3) is 0.214. The zero-order chi connectivity index (χ0) is 17.9.